The van der Waals surface area contributed by atoms with E-state index < -0.39 is 6.10 Å². The molecule has 1 aromatic rings. The molecule has 0 aromatic heterocycles. The van der Waals surface area contributed by atoms with Gasteiger partial charge in [0.25, 0.3) is 0 Å². The van der Waals surface area contributed by atoms with Crippen molar-refractivity contribution in [2.45, 2.75) is 33.3 Å². The van der Waals surface area contributed by atoms with Gasteiger partial charge in [0.2, 0.25) is 0 Å². The summed E-state index contributed by atoms with van der Waals surface area (Å²) in [5, 5.41) is 9.69. The van der Waals surface area contributed by atoms with Crippen molar-refractivity contribution in [2.24, 2.45) is 0 Å². The van der Waals surface area contributed by atoms with Gasteiger partial charge in [-0.2, -0.15) is 0 Å². The molecule has 0 amide bonds. The average Bonchev–Trinajstić information content (AvgIpc) is 2.13. The van der Waals surface area contributed by atoms with Crippen molar-refractivity contribution in [1.29, 1.82) is 0 Å². The van der Waals surface area contributed by atoms with Crippen LogP contribution in [-0.2, 0) is 11.2 Å². The van der Waals surface area contributed by atoms with Crippen LogP contribution in [0.25, 0.3) is 0 Å². The van der Waals surface area contributed by atoms with Crippen molar-refractivity contribution in [3.8, 4) is 0 Å². The van der Waals surface area contributed by atoms with Crippen molar-refractivity contribution >= 4 is 0 Å². The zero-order valence-electron chi connectivity index (χ0n) is 9.79. The number of ether oxygens (including phenoxy) is 1. The zero-order valence-corrected chi connectivity index (χ0v) is 9.79. The summed E-state index contributed by atoms with van der Waals surface area (Å²) < 4.78 is 5.18. The van der Waals surface area contributed by atoms with Crippen LogP contribution < -0.4 is 0 Å². The second-order valence-corrected chi connectivity index (χ2v) is 4.01. The fourth-order valence-corrected chi connectivity index (χ4v) is 1.77. The number of rotatable bonds is 5. The zero-order chi connectivity index (χ0) is 11.3. The highest BCUT2D eigenvalue weighted by molar-refractivity contribution is 5.28. The Labute approximate surface area is 91.9 Å². The largest absolute Gasteiger partial charge is 0.390 e. The lowest BCUT2D eigenvalue weighted by Gasteiger charge is -2.11. The first-order chi connectivity index (χ1) is 7.11. The molecule has 0 aliphatic carbocycles. The van der Waals surface area contributed by atoms with Gasteiger partial charge in [-0.25, -0.2) is 0 Å². The summed E-state index contributed by atoms with van der Waals surface area (Å²) >= 11 is 0. The van der Waals surface area contributed by atoms with Gasteiger partial charge >= 0.3 is 0 Å². The lowest BCUT2D eigenvalue weighted by atomic mass is 10.0. The third kappa shape index (κ3) is 4.45. The lowest BCUT2D eigenvalue weighted by molar-refractivity contribution is 0.0430. The summed E-state index contributed by atoms with van der Waals surface area (Å²) in [5.41, 5.74) is 3.67. The van der Waals surface area contributed by atoms with E-state index in [1.165, 1.54) is 16.7 Å². The summed E-state index contributed by atoms with van der Waals surface area (Å²) in [6.07, 6.45) is 0.272. The fourth-order valence-electron chi connectivity index (χ4n) is 1.77. The minimum atomic E-state index is -0.397. The van der Waals surface area contributed by atoms with Gasteiger partial charge in [0, 0.05) is 13.0 Å². The van der Waals surface area contributed by atoms with Gasteiger partial charge in [-0.3, -0.25) is 0 Å². The molecule has 0 saturated carbocycles. The standard InChI is InChI=1S/C13H20O2/c1-4-15-9-13(14)8-12-6-10(2)5-11(3)7-12/h5-7,13-14H,4,8-9H2,1-3H3. The lowest BCUT2D eigenvalue weighted by Crippen LogP contribution is -2.18. The quantitative estimate of drug-likeness (QED) is 0.804. The number of hydrogen-bond donors (Lipinski definition) is 1. The van der Waals surface area contributed by atoms with E-state index in [0.717, 1.165) is 0 Å². The Kier molecular flexibility index (Phi) is 4.79. The predicted octanol–water partition coefficient (Wildman–Crippen LogP) is 2.24. The van der Waals surface area contributed by atoms with E-state index >= 15 is 0 Å². The first kappa shape index (κ1) is 12.2. The second-order valence-electron chi connectivity index (χ2n) is 4.01. The van der Waals surface area contributed by atoms with Gasteiger partial charge in [-0.1, -0.05) is 29.3 Å². The van der Waals surface area contributed by atoms with E-state index in [4.69, 9.17) is 4.74 Å². The molecule has 0 heterocycles. The van der Waals surface area contributed by atoms with Crippen LogP contribution in [0, 0.1) is 13.8 Å². The molecule has 0 bridgehead atoms. The highest BCUT2D eigenvalue weighted by Crippen LogP contribution is 2.11. The summed E-state index contributed by atoms with van der Waals surface area (Å²) in [6, 6.07) is 6.36. The van der Waals surface area contributed by atoms with E-state index in [0.29, 0.717) is 19.6 Å². The fraction of sp³-hybridized carbons (Fsp3) is 0.538. The number of aryl methyl sites for hydroxylation is 2. The van der Waals surface area contributed by atoms with Crippen LogP contribution >= 0.6 is 0 Å². The van der Waals surface area contributed by atoms with Gasteiger partial charge < -0.3 is 9.84 Å². The van der Waals surface area contributed by atoms with Crippen LogP contribution in [0.5, 0.6) is 0 Å². The predicted molar refractivity (Wildman–Crippen MR) is 62.1 cm³/mol. The Morgan fingerprint density at radius 2 is 1.80 bits per heavy atom. The van der Waals surface area contributed by atoms with Crippen LogP contribution in [0.2, 0.25) is 0 Å². The minimum Gasteiger partial charge on any atom is -0.390 e. The molecule has 1 rings (SSSR count). The number of aliphatic hydroxyl groups is 1. The van der Waals surface area contributed by atoms with Gasteiger partial charge in [-0.05, 0) is 26.3 Å². The Bertz CT molecular complexity index is 287. The monoisotopic (exact) mass is 208 g/mol. The van der Waals surface area contributed by atoms with Crippen molar-refractivity contribution < 1.29 is 9.84 Å². The number of hydrogen-bond acceptors (Lipinski definition) is 2. The minimum absolute atomic E-state index is 0.397. The van der Waals surface area contributed by atoms with E-state index in [9.17, 15) is 5.11 Å². The van der Waals surface area contributed by atoms with Gasteiger partial charge in [0.15, 0.2) is 0 Å². The van der Waals surface area contributed by atoms with Gasteiger partial charge in [-0.15, -0.1) is 0 Å². The number of aliphatic hydroxyl groups excluding tert-OH is 1. The summed E-state index contributed by atoms with van der Waals surface area (Å²) in [5.74, 6) is 0. The van der Waals surface area contributed by atoms with Gasteiger partial charge in [0.1, 0.15) is 0 Å². The molecule has 0 radical (unpaired) electrons. The molecule has 2 nitrogen and oxygen atoms in total. The summed E-state index contributed by atoms with van der Waals surface area (Å²) in [6.45, 7) is 7.16. The average molecular weight is 208 g/mol. The van der Waals surface area contributed by atoms with Crippen LogP contribution in [-0.4, -0.2) is 24.4 Å². The van der Waals surface area contributed by atoms with E-state index in [2.05, 4.69) is 32.0 Å². The molecular weight excluding hydrogens is 188 g/mol. The SMILES string of the molecule is CCOCC(O)Cc1cc(C)cc(C)c1. The smallest absolute Gasteiger partial charge is 0.0813 e. The molecule has 15 heavy (non-hydrogen) atoms. The molecular formula is C13H20O2. The summed E-state index contributed by atoms with van der Waals surface area (Å²) in [4.78, 5) is 0. The molecule has 0 spiro atoms. The van der Waals surface area contributed by atoms with Gasteiger partial charge in [0.05, 0.1) is 12.7 Å². The topological polar surface area (TPSA) is 29.5 Å². The van der Waals surface area contributed by atoms with Crippen LogP contribution in [0.15, 0.2) is 18.2 Å². The Balaban J connectivity index is 2.56. The van der Waals surface area contributed by atoms with E-state index in [-0.39, 0.29) is 0 Å². The van der Waals surface area contributed by atoms with E-state index in [1.54, 1.807) is 0 Å². The van der Waals surface area contributed by atoms with Crippen LogP contribution in [0.3, 0.4) is 0 Å². The molecule has 1 atom stereocenters. The first-order valence-corrected chi connectivity index (χ1v) is 5.44. The van der Waals surface area contributed by atoms with Crippen LogP contribution in [0.1, 0.15) is 23.6 Å². The molecule has 84 valence electrons. The third-order valence-corrected chi connectivity index (χ3v) is 2.27. The van der Waals surface area contributed by atoms with Crippen LogP contribution in [0.4, 0.5) is 0 Å². The highest BCUT2D eigenvalue weighted by Gasteiger charge is 2.06. The molecule has 1 aromatic carbocycles. The van der Waals surface area contributed by atoms with Crippen molar-refractivity contribution in [2.75, 3.05) is 13.2 Å². The normalized spacial score (nSPS) is 12.8. The maximum absolute atomic E-state index is 9.69. The molecule has 2 heteroatoms. The number of benzene rings is 1. The maximum atomic E-state index is 9.69. The molecule has 0 aliphatic rings. The maximum Gasteiger partial charge on any atom is 0.0813 e. The molecule has 0 fully saturated rings. The molecule has 0 saturated heterocycles. The van der Waals surface area contributed by atoms with E-state index in [1.807, 2.05) is 6.92 Å². The molecule has 1 unspecified atom stereocenters. The Morgan fingerprint density at radius 1 is 1.20 bits per heavy atom. The van der Waals surface area contributed by atoms with Crippen molar-refractivity contribution in [3.63, 3.8) is 0 Å². The Morgan fingerprint density at radius 3 is 2.33 bits per heavy atom. The molecule has 1 N–H and O–H groups in total. The van der Waals surface area contributed by atoms with Crippen molar-refractivity contribution in [3.05, 3.63) is 34.9 Å². The summed E-state index contributed by atoms with van der Waals surface area (Å²) in [7, 11) is 0. The second kappa shape index (κ2) is 5.89. The Hall–Kier alpha value is -0.860. The first-order valence-electron chi connectivity index (χ1n) is 5.44. The van der Waals surface area contributed by atoms with Crippen molar-refractivity contribution in [1.82, 2.24) is 0 Å². The molecule has 0 aliphatic heterocycles. The highest BCUT2D eigenvalue weighted by atomic mass is 16.5. The third-order valence-electron chi connectivity index (χ3n) is 2.27.